The predicted octanol–water partition coefficient (Wildman–Crippen LogP) is 4.16. The van der Waals surface area contributed by atoms with Crippen LogP contribution >= 0.6 is 0 Å². The van der Waals surface area contributed by atoms with E-state index in [1.54, 1.807) is 0 Å². The van der Waals surface area contributed by atoms with E-state index in [9.17, 15) is 13.2 Å². The first kappa shape index (κ1) is 21.5. The molecule has 0 atom stereocenters. The van der Waals surface area contributed by atoms with Crippen molar-refractivity contribution in [2.75, 3.05) is 18.4 Å². The first-order chi connectivity index (χ1) is 13.6. The first-order valence-corrected chi connectivity index (χ1v) is 11.7. The molecule has 1 aliphatic rings. The first-order valence-electron chi connectivity index (χ1n) is 10.1. The van der Waals surface area contributed by atoms with Gasteiger partial charge in [0.05, 0.1) is 5.75 Å². The average molecular weight is 415 g/mol. The molecule has 2 aromatic rings. The molecule has 3 rings (SSSR count). The number of anilines is 1. The molecule has 1 saturated heterocycles. The number of nitrogens with one attached hydrogen (secondary N) is 1. The summed E-state index contributed by atoms with van der Waals surface area (Å²) in [5.74, 6) is -0.195. The second kappa shape index (κ2) is 8.67. The van der Waals surface area contributed by atoms with Crippen molar-refractivity contribution in [1.29, 1.82) is 0 Å². The van der Waals surface area contributed by atoms with E-state index in [0.717, 1.165) is 11.3 Å². The number of benzene rings is 2. The Balaban J connectivity index is 1.54. The highest BCUT2D eigenvalue weighted by atomic mass is 32.2. The summed E-state index contributed by atoms with van der Waals surface area (Å²) in [6, 6.07) is 17.1. The molecule has 0 spiro atoms. The smallest absolute Gasteiger partial charge is 0.227 e. The Kier molecular flexibility index (Phi) is 6.44. The Bertz CT molecular complexity index is 924. The van der Waals surface area contributed by atoms with Crippen LogP contribution in [-0.4, -0.2) is 31.7 Å². The van der Waals surface area contributed by atoms with Crippen LogP contribution in [0.2, 0.25) is 0 Å². The van der Waals surface area contributed by atoms with E-state index in [2.05, 4.69) is 26.1 Å². The number of piperidine rings is 1. The summed E-state index contributed by atoms with van der Waals surface area (Å²) < 4.78 is 26.8. The number of carbonyl (C=O) groups is 1. The Morgan fingerprint density at radius 2 is 1.59 bits per heavy atom. The van der Waals surface area contributed by atoms with Crippen LogP contribution in [0.3, 0.4) is 0 Å². The summed E-state index contributed by atoms with van der Waals surface area (Å²) in [5, 5.41) is 2.98. The lowest BCUT2D eigenvalue weighted by Crippen LogP contribution is -2.41. The number of rotatable bonds is 5. The average Bonchev–Trinajstić information content (AvgIpc) is 2.68. The Labute approximate surface area is 174 Å². The summed E-state index contributed by atoms with van der Waals surface area (Å²) in [4.78, 5) is 12.6. The van der Waals surface area contributed by atoms with Gasteiger partial charge in [-0.05, 0) is 41.5 Å². The highest BCUT2D eigenvalue weighted by Gasteiger charge is 2.31. The highest BCUT2D eigenvalue weighted by molar-refractivity contribution is 7.88. The molecule has 1 heterocycles. The van der Waals surface area contributed by atoms with Crippen LogP contribution in [0.1, 0.15) is 44.7 Å². The van der Waals surface area contributed by atoms with Crippen LogP contribution in [0.15, 0.2) is 54.6 Å². The molecule has 0 aromatic heterocycles. The molecule has 29 heavy (non-hydrogen) atoms. The quantitative estimate of drug-likeness (QED) is 0.799. The summed E-state index contributed by atoms with van der Waals surface area (Å²) in [5.41, 5.74) is 2.85. The van der Waals surface area contributed by atoms with Crippen molar-refractivity contribution in [3.8, 4) is 0 Å². The fourth-order valence-electron chi connectivity index (χ4n) is 3.57. The zero-order valence-electron chi connectivity index (χ0n) is 17.4. The molecule has 0 saturated carbocycles. The van der Waals surface area contributed by atoms with Gasteiger partial charge in [0.25, 0.3) is 0 Å². The van der Waals surface area contributed by atoms with Gasteiger partial charge in [0.15, 0.2) is 0 Å². The third kappa shape index (κ3) is 5.67. The molecule has 156 valence electrons. The van der Waals surface area contributed by atoms with Crippen LogP contribution in [0, 0.1) is 5.92 Å². The lowest BCUT2D eigenvalue weighted by molar-refractivity contribution is -0.120. The van der Waals surface area contributed by atoms with Crippen LogP contribution in [0.5, 0.6) is 0 Å². The Morgan fingerprint density at radius 1 is 1.00 bits per heavy atom. The maximum Gasteiger partial charge on any atom is 0.227 e. The summed E-state index contributed by atoms with van der Waals surface area (Å²) >= 11 is 0. The Morgan fingerprint density at radius 3 is 2.14 bits per heavy atom. The van der Waals surface area contributed by atoms with Gasteiger partial charge in [0.2, 0.25) is 15.9 Å². The van der Waals surface area contributed by atoms with Gasteiger partial charge in [-0.2, -0.15) is 0 Å². The number of hydrogen-bond acceptors (Lipinski definition) is 3. The van der Waals surface area contributed by atoms with Crippen LogP contribution in [0.4, 0.5) is 5.69 Å². The van der Waals surface area contributed by atoms with Gasteiger partial charge in [0, 0.05) is 24.7 Å². The van der Waals surface area contributed by atoms with Gasteiger partial charge in [0.1, 0.15) is 0 Å². The Hall–Kier alpha value is -2.18. The second-order valence-electron chi connectivity index (χ2n) is 8.73. The van der Waals surface area contributed by atoms with E-state index in [0.29, 0.717) is 25.9 Å². The maximum absolute atomic E-state index is 12.7. The third-order valence-electron chi connectivity index (χ3n) is 5.43. The van der Waals surface area contributed by atoms with Crippen LogP contribution in [-0.2, 0) is 26.0 Å². The minimum atomic E-state index is -3.36. The number of amides is 1. The molecule has 1 N–H and O–H groups in total. The van der Waals surface area contributed by atoms with Gasteiger partial charge >= 0.3 is 0 Å². The number of hydrogen-bond donors (Lipinski definition) is 1. The number of nitrogens with zero attached hydrogens (tertiary/aromatic N) is 1. The number of sulfonamides is 1. The molecular formula is C23H30N2O3S. The largest absolute Gasteiger partial charge is 0.326 e. The monoisotopic (exact) mass is 414 g/mol. The van der Waals surface area contributed by atoms with Crippen molar-refractivity contribution in [3.63, 3.8) is 0 Å². The van der Waals surface area contributed by atoms with E-state index >= 15 is 0 Å². The third-order valence-corrected chi connectivity index (χ3v) is 7.28. The zero-order valence-corrected chi connectivity index (χ0v) is 18.2. The topological polar surface area (TPSA) is 66.5 Å². The molecule has 0 bridgehead atoms. The standard InChI is InChI=1S/C23H30N2O3S/c1-23(2,3)20-9-11-21(12-10-20)24-22(26)19-13-15-25(16-14-19)29(27,28)17-18-7-5-4-6-8-18/h4-12,19H,13-17H2,1-3H3,(H,24,26). The summed E-state index contributed by atoms with van der Waals surface area (Å²) in [6.07, 6.45) is 1.08. The summed E-state index contributed by atoms with van der Waals surface area (Å²) in [6.45, 7) is 7.23. The van der Waals surface area contributed by atoms with Crippen LogP contribution < -0.4 is 5.32 Å². The van der Waals surface area contributed by atoms with Crippen molar-refractivity contribution >= 4 is 21.6 Å². The molecule has 1 aliphatic heterocycles. The maximum atomic E-state index is 12.7. The SMILES string of the molecule is CC(C)(C)c1ccc(NC(=O)C2CCN(S(=O)(=O)Cc3ccccc3)CC2)cc1. The lowest BCUT2D eigenvalue weighted by Gasteiger charge is -2.30. The van der Waals surface area contributed by atoms with Crippen LogP contribution in [0.25, 0.3) is 0 Å². The van der Waals surface area contributed by atoms with Gasteiger partial charge in [-0.1, -0.05) is 63.2 Å². The summed E-state index contributed by atoms with van der Waals surface area (Å²) in [7, 11) is -3.36. The second-order valence-corrected chi connectivity index (χ2v) is 10.7. The molecule has 2 aromatic carbocycles. The molecular weight excluding hydrogens is 384 g/mol. The molecule has 5 nitrogen and oxygen atoms in total. The zero-order chi connectivity index (χ0) is 21.1. The van der Waals surface area contributed by atoms with Crippen molar-refractivity contribution in [3.05, 3.63) is 65.7 Å². The van der Waals surface area contributed by atoms with Gasteiger partial charge in [-0.25, -0.2) is 12.7 Å². The van der Waals surface area contributed by atoms with Crippen molar-refractivity contribution in [2.45, 2.75) is 44.8 Å². The molecule has 0 unspecified atom stereocenters. The molecule has 1 amide bonds. The molecule has 6 heteroatoms. The minimum Gasteiger partial charge on any atom is -0.326 e. The van der Waals surface area contributed by atoms with E-state index < -0.39 is 10.0 Å². The van der Waals surface area contributed by atoms with Crippen molar-refractivity contribution in [1.82, 2.24) is 4.31 Å². The molecule has 1 fully saturated rings. The normalized spacial score (nSPS) is 16.5. The van der Waals surface area contributed by atoms with Crippen molar-refractivity contribution in [2.24, 2.45) is 5.92 Å². The fraction of sp³-hybridized carbons (Fsp3) is 0.435. The van der Waals surface area contributed by atoms with Crippen molar-refractivity contribution < 1.29 is 13.2 Å². The minimum absolute atomic E-state index is 0.00479. The van der Waals surface area contributed by atoms with Gasteiger partial charge in [-0.15, -0.1) is 0 Å². The van der Waals surface area contributed by atoms with E-state index in [-0.39, 0.29) is 23.0 Å². The van der Waals surface area contributed by atoms with E-state index in [1.165, 1.54) is 9.87 Å². The lowest BCUT2D eigenvalue weighted by atomic mass is 9.87. The van der Waals surface area contributed by atoms with E-state index in [4.69, 9.17) is 0 Å². The highest BCUT2D eigenvalue weighted by Crippen LogP contribution is 2.25. The molecule has 0 aliphatic carbocycles. The van der Waals surface area contributed by atoms with E-state index in [1.807, 2.05) is 54.6 Å². The fourth-order valence-corrected chi connectivity index (χ4v) is 5.13. The molecule has 0 radical (unpaired) electrons. The predicted molar refractivity (Wildman–Crippen MR) is 117 cm³/mol. The number of carbonyl (C=O) groups excluding carboxylic acids is 1. The van der Waals surface area contributed by atoms with Gasteiger partial charge in [-0.3, -0.25) is 4.79 Å². The van der Waals surface area contributed by atoms with Gasteiger partial charge < -0.3 is 5.32 Å².